The molecule has 1 aromatic carbocycles. The molecule has 0 aliphatic carbocycles. The summed E-state index contributed by atoms with van der Waals surface area (Å²) in [5.41, 5.74) is 0.804. The van der Waals surface area contributed by atoms with E-state index in [-0.39, 0.29) is 11.7 Å². The Morgan fingerprint density at radius 2 is 1.75 bits per heavy atom. The molecule has 2 heterocycles. The third-order valence-electron chi connectivity index (χ3n) is 4.02. The molecule has 0 radical (unpaired) electrons. The number of anilines is 1. The SMILES string of the molecule is CC(C)c1nnc(N2CCN(S(=O)(=O)Cc3ccccc3)CC2)o1. The Balaban J connectivity index is 1.61. The molecule has 1 aliphatic heterocycles. The third-order valence-corrected chi connectivity index (χ3v) is 5.87. The van der Waals surface area contributed by atoms with Crippen molar-refractivity contribution in [1.82, 2.24) is 14.5 Å². The molecule has 1 fully saturated rings. The average molecular weight is 350 g/mol. The lowest BCUT2D eigenvalue weighted by molar-refractivity contribution is 0.367. The highest BCUT2D eigenvalue weighted by Crippen LogP contribution is 2.21. The fourth-order valence-corrected chi connectivity index (χ4v) is 4.14. The Labute approximate surface area is 142 Å². The summed E-state index contributed by atoms with van der Waals surface area (Å²) in [5.74, 6) is 0.814. The average Bonchev–Trinajstić information content (AvgIpc) is 3.06. The highest BCUT2D eigenvalue weighted by molar-refractivity contribution is 7.88. The van der Waals surface area contributed by atoms with Crippen LogP contribution in [0.15, 0.2) is 34.7 Å². The van der Waals surface area contributed by atoms with Crippen molar-refractivity contribution >= 4 is 16.0 Å². The minimum atomic E-state index is -3.31. The van der Waals surface area contributed by atoms with Gasteiger partial charge >= 0.3 is 6.01 Å². The molecule has 0 unspecified atom stereocenters. The molecule has 0 bridgehead atoms. The second-order valence-corrected chi connectivity index (χ2v) is 8.17. The van der Waals surface area contributed by atoms with Crippen LogP contribution in [0, 0.1) is 0 Å². The molecule has 1 saturated heterocycles. The van der Waals surface area contributed by atoms with E-state index in [1.807, 2.05) is 49.1 Å². The van der Waals surface area contributed by atoms with Crippen molar-refractivity contribution in [2.24, 2.45) is 0 Å². The quantitative estimate of drug-likeness (QED) is 0.819. The largest absolute Gasteiger partial charge is 0.408 e. The van der Waals surface area contributed by atoms with Crippen molar-refractivity contribution in [2.45, 2.75) is 25.5 Å². The van der Waals surface area contributed by atoms with E-state index in [2.05, 4.69) is 10.2 Å². The molecule has 7 nitrogen and oxygen atoms in total. The van der Waals surface area contributed by atoms with E-state index < -0.39 is 10.0 Å². The minimum Gasteiger partial charge on any atom is -0.408 e. The van der Waals surface area contributed by atoms with Crippen molar-refractivity contribution < 1.29 is 12.8 Å². The van der Waals surface area contributed by atoms with Crippen LogP contribution in [-0.2, 0) is 15.8 Å². The van der Waals surface area contributed by atoms with Crippen LogP contribution in [0.4, 0.5) is 6.01 Å². The zero-order valence-corrected chi connectivity index (χ0v) is 14.7. The third kappa shape index (κ3) is 3.76. The van der Waals surface area contributed by atoms with Crippen molar-refractivity contribution in [3.8, 4) is 0 Å². The lowest BCUT2D eigenvalue weighted by Crippen LogP contribution is -2.49. The first-order valence-corrected chi connectivity index (χ1v) is 9.67. The van der Waals surface area contributed by atoms with E-state index in [4.69, 9.17) is 4.42 Å². The normalized spacial score (nSPS) is 16.7. The summed E-state index contributed by atoms with van der Waals surface area (Å²) in [5, 5.41) is 8.08. The predicted octanol–water partition coefficient (Wildman–Crippen LogP) is 1.85. The highest BCUT2D eigenvalue weighted by atomic mass is 32.2. The summed E-state index contributed by atoms with van der Waals surface area (Å²) in [4.78, 5) is 1.94. The van der Waals surface area contributed by atoms with Crippen LogP contribution < -0.4 is 4.90 Å². The maximum Gasteiger partial charge on any atom is 0.318 e. The van der Waals surface area contributed by atoms with Gasteiger partial charge < -0.3 is 9.32 Å². The monoisotopic (exact) mass is 350 g/mol. The minimum absolute atomic E-state index is 0.0336. The topological polar surface area (TPSA) is 79.5 Å². The number of benzene rings is 1. The van der Waals surface area contributed by atoms with Gasteiger partial charge in [0.15, 0.2) is 0 Å². The summed E-state index contributed by atoms with van der Waals surface area (Å²) in [6, 6.07) is 9.72. The summed E-state index contributed by atoms with van der Waals surface area (Å²) >= 11 is 0. The maximum atomic E-state index is 12.5. The molecule has 1 aliphatic rings. The Kier molecular flexibility index (Phi) is 4.86. The summed E-state index contributed by atoms with van der Waals surface area (Å²) < 4.78 is 32.3. The number of rotatable bonds is 5. The summed E-state index contributed by atoms with van der Waals surface area (Å²) in [6.45, 7) is 5.93. The lowest BCUT2D eigenvalue weighted by atomic mass is 10.2. The van der Waals surface area contributed by atoms with E-state index in [1.54, 1.807) is 0 Å². The smallest absolute Gasteiger partial charge is 0.318 e. The maximum absolute atomic E-state index is 12.5. The second kappa shape index (κ2) is 6.90. The van der Waals surface area contributed by atoms with Crippen LogP contribution in [0.5, 0.6) is 0 Å². The molecule has 3 rings (SSSR count). The Morgan fingerprint density at radius 1 is 1.08 bits per heavy atom. The van der Waals surface area contributed by atoms with Crippen LogP contribution in [-0.4, -0.2) is 49.1 Å². The fourth-order valence-electron chi connectivity index (χ4n) is 2.62. The van der Waals surface area contributed by atoms with Crippen molar-refractivity contribution in [3.05, 3.63) is 41.8 Å². The molecule has 0 N–H and O–H groups in total. The van der Waals surface area contributed by atoms with Gasteiger partial charge in [-0.3, -0.25) is 0 Å². The van der Waals surface area contributed by atoms with Crippen molar-refractivity contribution in [1.29, 1.82) is 0 Å². The number of piperazine rings is 1. The number of hydrogen-bond donors (Lipinski definition) is 0. The van der Waals surface area contributed by atoms with Crippen molar-refractivity contribution in [2.75, 3.05) is 31.1 Å². The van der Waals surface area contributed by atoms with E-state index in [0.29, 0.717) is 38.1 Å². The standard InChI is InChI=1S/C16H22N4O3S/c1-13(2)15-17-18-16(23-15)19-8-10-20(11-9-19)24(21,22)12-14-6-4-3-5-7-14/h3-7,13H,8-12H2,1-2H3. The summed E-state index contributed by atoms with van der Waals surface area (Å²) in [6.07, 6.45) is 0. The zero-order chi connectivity index (χ0) is 17.2. The first-order valence-electron chi connectivity index (χ1n) is 8.06. The fraction of sp³-hybridized carbons (Fsp3) is 0.500. The molecule has 24 heavy (non-hydrogen) atoms. The van der Waals surface area contributed by atoms with Crippen LogP contribution in [0.1, 0.15) is 31.2 Å². The number of hydrogen-bond acceptors (Lipinski definition) is 6. The highest BCUT2D eigenvalue weighted by Gasteiger charge is 2.29. The molecule has 0 amide bonds. The van der Waals surface area contributed by atoms with Gasteiger partial charge in [0.2, 0.25) is 15.9 Å². The molecular weight excluding hydrogens is 328 g/mol. The van der Waals surface area contributed by atoms with Gasteiger partial charge in [-0.25, -0.2) is 8.42 Å². The Bertz CT molecular complexity index is 766. The van der Waals surface area contributed by atoms with Crippen molar-refractivity contribution in [3.63, 3.8) is 0 Å². The van der Waals surface area contributed by atoms with Crippen LogP contribution in [0.3, 0.4) is 0 Å². The van der Waals surface area contributed by atoms with Gasteiger partial charge in [-0.1, -0.05) is 49.3 Å². The lowest BCUT2D eigenvalue weighted by Gasteiger charge is -2.32. The van der Waals surface area contributed by atoms with Crippen LogP contribution >= 0.6 is 0 Å². The van der Waals surface area contributed by atoms with Crippen LogP contribution in [0.2, 0.25) is 0 Å². The van der Waals surface area contributed by atoms with Gasteiger partial charge in [-0.05, 0) is 5.56 Å². The van der Waals surface area contributed by atoms with Gasteiger partial charge in [0.25, 0.3) is 0 Å². The molecular formula is C16H22N4O3S. The number of aromatic nitrogens is 2. The molecule has 130 valence electrons. The first kappa shape index (κ1) is 16.9. The Hall–Kier alpha value is -1.93. The van der Waals surface area contributed by atoms with E-state index >= 15 is 0 Å². The first-order chi connectivity index (χ1) is 11.5. The van der Waals surface area contributed by atoms with Gasteiger partial charge in [0, 0.05) is 32.1 Å². The Morgan fingerprint density at radius 3 is 2.33 bits per heavy atom. The summed E-state index contributed by atoms with van der Waals surface area (Å²) in [7, 11) is -3.31. The molecule has 0 atom stereocenters. The van der Waals surface area contributed by atoms with Gasteiger partial charge in [0.05, 0.1) is 5.75 Å². The van der Waals surface area contributed by atoms with Gasteiger partial charge in [-0.15, -0.1) is 5.10 Å². The van der Waals surface area contributed by atoms with Gasteiger partial charge in [-0.2, -0.15) is 4.31 Å². The number of sulfonamides is 1. The molecule has 1 aromatic heterocycles. The van der Waals surface area contributed by atoms with Gasteiger partial charge in [0.1, 0.15) is 0 Å². The molecule has 8 heteroatoms. The van der Waals surface area contributed by atoms with Crippen LogP contribution in [0.25, 0.3) is 0 Å². The van der Waals surface area contributed by atoms with E-state index in [0.717, 1.165) is 5.56 Å². The van der Waals surface area contributed by atoms with E-state index in [1.165, 1.54) is 4.31 Å². The predicted molar refractivity (Wildman–Crippen MR) is 91.2 cm³/mol. The van der Waals surface area contributed by atoms with E-state index in [9.17, 15) is 8.42 Å². The number of nitrogens with zero attached hydrogens (tertiary/aromatic N) is 4. The molecule has 0 saturated carbocycles. The zero-order valence-electron chi connectivity index (χ0n) is 13.9. The second-order valence-electron chi connectivity index (χ2n) is 6.21. The molecule has 0 spiro atoms. The molecule has 2 aromatic rings.